The molecule has 0 amide bonds. The standard InChI is InChI=1S/C9H5ClN2O4S/c1-6-2-9(17(10,15)16)8(12-5-14)3-7(6)11-4-13/h2-3H,1H3. The number of rotatable bonds is 3. The van der Waals surface area contributed by atoms with Gasteiger partial charge in [-0.3, -0.25) is 0 Å². The highest BCUT2D eigenvalue weighted by Gasteiger charge is 2.17. The van der Waals surface area contributed by atoms with Gasteiger partial charge in [-0.25, -0.2) is 18.0 Å². The maximum absolute atomic E-state index is 11.2. The van der Waals surface area contributed by atoms with Crippen LogP contribution < -0.4 is 0 Å². The first-order chi connectivity index (χ1) is 7.90. The Morgan fingerprint density at radius 3 is 2.12 bits per heavy atom. The number of benzene rings is 1. The molecule has 0 fully saturated rings. The van der Waals surface area contributed by atoms with Crippen LogP contribution in [0.2, 0.25) is 0 Å². The van der Waals surface area contributed by atoms with Crippen molar-refractivity contribution in [2.45, 2.75) is 11.8 Å². The second kappa shape index (κ2) is 5.03. The zero-order valence-corrected chi connectivity index (χ0v) is 10.0. The van der Waals surface area contributed by atoms with Crippen molar-refractivity contribution in [3.63, 3.8) is 0 Å². The summed E-state index contributed by atoms with van der Waals surface area (Å²) in [6.45, 7) is 1.52. The Morgan fingerprint density at radius 2 is 1.65 bits per heavy atom. The Bertz CT molecular complexity index is 656. The summed E-state index contributed by atoms with van der Waals surface area (Å²) in [6, 6.07) is 2.30. The molecule has 0 radical (unpaired) electrons. The van der Waals surface area contributed by atoms with Crippen molar-refractivity contribution in [3.8, 4) is 0 Å². The Balaban J connectivity index is 3.69. The van der Waals surface area contributed by atoms with Crippen molar-refractivity contribution in [3.05, 3.63) is 17.7 Å². The van der Waals surface area contributed by atoms with Crippen LogP contribution in [0.1, 0.15) is 5.56 Å². The van der Waals surface area contributed by atoms with E-state index in [1.165, 1.54) is 19.1 Å². The summed E-state index contributed by atoms with van der Waals surface area (Å²) in [5, 5.41) is 0. The highest BCUT2D eigenvalue weighted by molar-refractivity contribution is 8.13. The molecule has 1 aromatic carbocycles. The molecule has 0 saturated heterocycles. The number of halogens is 1. The summed E-state index contributed by atoms with van der Waals surface area (Å²) in [4.78, 5) is 26.5. The Hall–Kier alpha value is -1.78. The quantitative estimate of drug-likeness (QED) is 0.477. The lowest BCUT2D eigenvalue weighted by Crippen LogP contribution is -1.92. The van der Waals surface area contributed by atoms with Crippen LogP contribution >= 0.6 is 10.7 Å². The predicted octanol–water partition coefficient (Wildman–Crippen LogP) is 1.86. The van der Waals surface area contributed by atoms with Crippen LogP contribution in [0, 0.1) is 6.92 Å². The highest BCUT2D eigenvalue weighted by atomic mass is 35.7. The third kappa shape index (κ3) is 3.09. The van der Waals surface area contributed by atoms with Gasteiger partial charge in [-0.05, 0) is 24.6 Å². The molecule has 0 aliphatic heterocycles. The second-order valence-electron chi connectivity index (χ2n) is 2.95. The van der Waals surface area contributed by atoms with Crippen molar-refractivity contribution in [1.29, 1.82) is 0 Å². The monoisotopic (exact) mass is 272 g/mol. The first kappa shape index (κ1) is 13.3. The molecule has 0 atom stereocenters. The number of aryl methyl sites for hydroxylation is 1. The Kier molecular flexibility index (Phi) is 3.93. The van der Waals surface area contributed by atoms with Crippen LogP contribution in [-0.2, 0) is 18.6 Å². The van der Waals surface area contributed by atoms with Gasteiger partial charge < -0.3 is 0 Å². The number of hydrogen-bond acceptors (Lipinski definition) is 6. The van der Waals surface area contributed by atoms with Crippen LogP contribution in [0.4, 0.5) is 11.4 Å². The molecule has 1 rings (SSSR count). The molecule has 0 spiro atoms. The van der Waals surface area contributed by atoms with Gasteiger partial charge in [0.1, 0.15) is 4.90 Å². The van der Waals surface area contributed by atoms with Crippen LogP contribution in [0.5, 0.6) is 0 Å². The number of hydrogen-bond donors (Lipinski definition) is 0. The van der Waals surface area contributed by atoms with E-state index in [0.29, 0.717) is 5.56 Å². The molecule has 17 heavy (non-hydrogen) atoms. The SMILES string of the molecule is Cc1cc(S(=O)(=O)Cl)c(N=C=O)cc1N=C=O. The van der Waals surface area contributed by atoms with Gasteiger partial charge in [0.15, 0.2) is 0 Å². The molecule has 0 aliphatic carbocycles. The maximum atomic E-state index is 11.2. The van der Waals surface area contributed by atoms with E-state index in [4.69, 9.17) is 10.7 Å². The van der Waals surface area contributed by atoms with Gasteiger partial charge in [0.25, 0.3) is 9.05 Å². The van der Waals surface area contributed by atoms with Crippen LogP contribution in [-0.4, -0.2) is 20.6 Å². The molecule has 0 heterocycles. The van der Waals surface area contributed by atoms with E-state index in [9.17, 15) is 18.0 Å². The van der Waals surface area contributed by atoms with E-state index in [2.05, 4.69) is 9.98 Å². The summed E-state index contributed by atoms with van der Waals surface area (Å²) < 4.78 is 22.4. The van der Waals surface area contributed by atoms with Gasteiger partial charge in [0, 0.05) is 10.7 Å². The fourth-order valence-corrected chi connectivity index (χ4v) is 2.20. The van der Waals surface area contributed by atoms with Gasteiger partial charge >= 0.3 is 0 Å². The minimum Gasteiger partial charge on any atom is -0.211 e. The van der Waals surface area contributed by atoms with E-state index in [-0.39, 0.29) is 16.3 Å². The molecule has 88 valence electrons. The molecule has 0 saturated carbocycles. The lowest BCUT2D eigenvalue weighted by molar-refractivity contribution is 0.564. The summed E-state index contributed by atoms with van der Waals surface area (Å²) in [5.74, 6) is 0. The average molecular weight is 273 g/mol. The van der Waals surface area contributed by atoms with E-state index in [1.807, 2.05) is 0 Å². The predicted molar refractivity (Wildman–Crippen MR) is 59.8 cm³/mol. The van der Waals surface area contributed by atoms with Crippen molar-refractivity contribution >= 4 is 43.3 Å². The average Bonchev–Trinajstić information content (AvgIpc) is 2.21. The highest BCUT2D eigenvalue weighted by Crippen LogP contribution is 2.33. The van der Waals surface area contributed by atoms with Crippen molar-refractivity contribution < 1.29 is 18.0 Å². The van der Waals surface area contributed by atoms with E-state index < -0.39 is 9.05 Å². The van der Waals surface area contributed by atoms with Gasteiger partial charge in [0.2, 0.25) is 12.2 Å². The van der Waals surface area contributed by atoms with Crippen molar-refractivity contribution in [2.24, 2.45) is 9.98 Å². The third-order valence-electron chi connectivity index (χ3n) is 1.87. The van der Waals surface area contributed by atoms with Crippen LogP contribution in [0.15, 0.2) is 27.0 Å². The number of carbonyl (C=O) groups excluding carboxylic acids is 2. The molecule has 0 bridgehead atoms. The fraction of sp³-hybridized carbons (Fsp3) is 0.111. The molecule has 8 heteroatoms. The zero-order valence-electron chi connectivity index (χ0n) is 8.47. The summed E-state index contributed by atoms with van der Waals surface area (Å²) in [5.41, 5.74) is 0.310. The fourth-order valence-electron chi connectivity index (χ4n) is 1.16. The topological polar surface area (TPSA) is 93.0 Å². The lowest BCUT2D eigenvalue weighted by Gasteiger charge is -2.04. The molecule has 0 unspecified atom stereocenters. The molecule has 0 N–H and O–H groups in total. The van der Waals surface area contributed by atoms with Crippen LogP contribution in [0.25, 0.3) is 0 Å². The van der Waals surface area contributed by atoms with Gasteiger partial charge in [0.05, 0.1) is 11.4 Å². The molecule has 0 aromatic heterocycles. The first-order valence-corrected chi connectivity index (χ1v) is 6.46. The van der Waals surface area contributed by atoms with Gasteiger partial charge in [-0.15, -0.1) is 0 Å². The largest absolute Gasteiger partial charge is 0.263 e. The number of aliphatic imine (C=N–C) groups is 2. The number of nitrogens with zero attached hydrogens (tertiary/aromatic N) is 2. The lowest BCUT2D eigenvalue weighted by atomic mass is 10.2. The van der Waals surface area contributed by atoms with Gasteiger partial charge in [-0.1, -0.05) is 0 Å². The molecule has 6 nitrogen and oxygen atoms in total. The minimum absolute atomic E-state index is 0.151. The smallest absolute Gasteiger partial charge is 0.211 e. The third-order valence-corrected chi connectivity index (χ3v) is 3.22. The first-order valence-electron chi connectivity index (χ1n) is 4.15. The van der Waals surface area contributed by atoms with Crippen molar-refractivity contribution in [2.75, 3.05) is 0 Å². The second-order valence-corrected chi connectivity index (χ2v) is 5.48. The van der Waals surface area contributed by atoms with Crippen LogP contribution in [0.3, 0.4) is 0 Å². The molecular weight excluding hydrogens is 268 g/mol. The summed E-state index contributed by atoms with van der Waals surface area (Å²) in [6.07, 6.45) is 2.50. The maximum Gasteiger partial charge on any atom is 0.263 e. The summed E-state index contributed by atoms with van der Waals surface area (Å²) >= 11 is 0. The Morgan fingerprint density at radius 1 is 1.12 bits per heavy atom. The number of isocyanates is 2. The molecule has 1 aromatic rings. The minimum atomic E-state index is -4.05. The van der Waals surface area contributed by atoms with Crippen molar-refractivity contribution in [1.82, 2.24) is 0 Å². The normalized spacial score (nSPS) is 10.2. The van der Waals surface area contributed by atoms with E-state index in [0.717, 1.165) is 12.1 Å². The zero-order chi connectivity index (χ0) is 13.1. The van der Waals surface area contributed by atoms with E-state index >= 15 is 0 Å². The Labute approximate surface area is 101 Å². The van der Waals surface area contributed by atoms with Gasteiger partial charge in [-0.2, -0.15) is 9.98 Å². The molecule has 0 aliphatic rings. The van der Waals surface area contributed by atoms with E-state index in [1.54, 1.807) is 0 Å². The molecular formula is C9H5ClN2O4S. The summed E-state index contributed by atoms with van der Waals surface area (Å²) in [7, 11) is 1.12.